The number of nitrogens with zero attached hydrogens (tertiary/aromatic N) is 3. The third-order valence-corrected chi connectivity index (χ3v) is 7.18. The van der Waals surface area contributed by atoms with Gasteiger partial charge in [0.1, 0.15) is 0 Å². The normalized spacial score (nSPS) is 11.5. The minimum atomic E-state index is -4.01. The summed E-state index contributed by atoms with van der Waals surface area (Å²) in [4.78, 5) is 23.2. The van der Waals surface area contributed by atoms with Crippen molar-refractivity contribution in [1.82, 2.24) is 9.73 Å². The van der Waals surface area contributed by atoms with Gasteiger partial charge in [-0.2, -0.15) is 9.41 Å². The first-order valence-corrected chi connectivity index (χ1v) is 12.5. The van der Waals surface area contributed by atoms with Crippen molar-refractivity contribution >= 4 is 39.4 Å². The van der Waals surface area contributed by atoms with E-state index in [9.17, 15) is 23.3 Å². The molecule has 188 valence electrons. The van der Waals surface area contributed by atoms with Crippen LogP contribution in [0.4, 0.5) is 5.69 Å². The molecule has 3 aromatic carbocycles. The number of hydrogen-bond donors (Lipinski definition) is 1. The van der Waals surface area contributed by atoms with Gasteiger partial charge in [0.05, 0.1) is 29.7 Å². The molecule has 3 rings (SSSR count). The molecule has 3 aromatic rings. The molecule has 0 radical (unpaired) electrons. The number of amides is 1. The molecule has 0 saturated heterocycles. The molecule has 0 heterocycles. The number of benzene rings is 3. The Morgan fingerprint density at radius 2 is 1.83 bits per heavy atom. The third-order valence-electron chi connectivity index (χ3n) is 5.07. The predicted octanol–water partition coefficient (Wildman–Crippen LogP) is 3.64. The maximum absolute atomic E-state index is 13.2. The molecule has 0 fully saturated rings. The Bertz CT molecular complexity index is 1350. The second-order valence-electron chi connectivity index (χ2n) is 7.51. The monoisotopic (exact) mass is 530 g/mol. The highest BCUT2D eigenvalue weighted by molar-refractivity contribution is 7.89. The van der Waals surface area contributed by atoms with Crippen molar-refractivity contribution in [2.75, 3.05) is 20.2 Å². The van der Waals surface area contributed by atoms with Crippen molar-refractivity contribution < 1.29 is 22.9 Å². The maximum atomic E-state index is 13.2. The van der Waals surface area contributed by atoms with Gasteiger partial charge in [-0.1, -0.05) is 41.9 Å². The van der Waals surface area contributed by atoms with Gasteiger partial charge >= 0.3 is 5.69 Å². The van der Waals surface area contributed by atoms with Gasteiger partial charge in [-0.25, -0.2) is 13.8 Å². The highest BCUT2D eigenvalue weighted by atomic mass is 35.5. The van der Waals surface area contributed by atoms with Gasteiger partial charge in [-0.05, 0) is 48.4 Å². The smallest absolute Gasteiger partial charge is 0.311 e. The quantitative estimate of drug-likeness (QED) is 0.229. The average Bonchev–Trinajstić information content (AvgIpc) is 2.87. The minimum Gasteiger partial charge on any atom is -0.490 e. The Labute approximate surface area is 213 Å². The summed E-state index contributed by atoms with van der Waals surface area (Å²) in [7, 11) is -2.69. The van der Waals surface area contributed by atoms with Crippen LogP contribution in [0.3, 0.4) is 0 Å². The van der Waals surface area contributed by atoms with Crippen LogP contribution in [0, 0.1) is 10.1 Å². The third kappa shape index (κ3) is 7.11. The Hall–Kier alpha value is -3.80. The Morgan fingerprint density at radius 1 is 1.14 bits per heavy atom. The number of carbonyl (C=O) groups is 1. The molecule has 1 N–H and O–H groups in total. The summed E-state index contributed by atoms with van der Waals surface area (Å²) in [6.07, 6.45) is 1.60. The van der Waals surface area contributed by atoms with Gasteiger partial charge < -0.3 is 4.74 Å². The fourth-order valence-electron chi connectivity index (χ4n) is 3.24. The minimum absolute atomic E-state index is 0.00167. The first-order chi connectivity index (χ1) is 17.2. The first kappa shape index (κ1) is 26.8. The number of sulfonamides is 1. The van der Waals surface area contributed by atoms with Crippen molar-refractivity contribution in [1.29, 1.82) is 0 Å². The Kier molecular flexibility index (Phi) is 9.12. The molecule has 0 spiro atoms. The van der Waals surface area contributed by atoms with Crippen LogP contribution in [0.25, 0.3) is 0 Å². The van der Waals surface area contributed by atoms with Crippen LogP contribution in [0.5, 0.6) is 5.75 Å². The fourth-order valence-corrected chi connectivity index (χ4v) is 4.77. The van der Waals surface area contributed by atoms with Crippen molar-refractivity contribution in [3.8, 4) is 5.75 Å². The standard InChI is InChI=1S/C24H23ClN4O6S/c1-35-23-12-7-19(15-22(23)29(31)32)16-26-27-24(30)17-28(14-13-18-5-3-2-4-6-18)36(33,34)21-10-8-20(25)9-11-21/h2-12,15-16H,13-14,17H2,1H3,(H,27,30). The number of halogens is 1. The Balaban J connectivity index is 1.74. The molecule has 0 saturated carbocycles. The molecule has 0 aliphatic carbocycles. The lowest BCUT2D eigenvalue weighted by Gasteiger charge is -2.21. The lowest BCUT2D eigenvalue weighted by atomic mass is 10.1. The molecule has 10 nitrogen and oxygen atoms in total. The number of rotatable bonds is 11. The summed E-state index contributed by atoms with van der Waals surface area (Å²) in [6.45, 7) is -0.436. The largest absolute Gasteiger partial charge is 0.490 e. The van der Waals surface area contributed by atoms with E-state index in [1.54, 1.807) is 0 Å². The van der Waals surface area contributed by atoms with Crippen LogP contribution >= 0.6 is 11.6 Å². The van der Waals surface area contributed by atoms with E-state index in [0.29, 0.717) is 17.0 Å². The molecule has 0 aliphatic heterocycles. The highest BCUT2D eigenvalue weighted by Gasteiger charge is 2.26. The molecular weight excluding hydrogens is 508 g/mol. The first-order valence-electron chi connectivity index (χ1n) is 10.6. The van der Waals surface area contributed by atoms with E-state index in [-0.39, 0.29) is 22.9 Å². The van der Waals surface area contributed by atoms with Gasteiger partial charge in [-0.3, -0.25) is 14.9 Å². The highest BCUT2D eigenvalue weighted by Crippen LogP contribution is 2.26. The zero-order valence-electron chi connectivity index (χ0n) is 19.2. The van der Waals surface area contributed by atoms with Crippen LogP contribution in [0.1, 0.15) is 11.1 Å². The van der Waals surface area contributed by atoms with Crippen molar-refractivity contribution in [3.63, 3.8) is 0 Å². The number of hydrogen-bond acceptors (Lipinski definition) is 7. The zero-order valence-corrected chi connectivity index (χ0v) is 20.8. The number of nitrogens with one attached hydrogen (secondary N) is 1. The van der Waals surface area contributed by atoms with Crippen LogP contribution in [-0.2, 0) is 21.2 Å². The van der Waals surface area contributed by atoms with Crippen LogP contribution in [-0.4, -0.2) is 50.0 Å². The lowest BCUT2D eigenvalue weighted by molar-refractivity contribution is -0.385. The van der Waals surface area contributed by atoms with Crippen LogP contribution in [0.15, 0.2) is 82.8 Å². The molecule has 0 unspecified atom stereocenters. The summed E-state index contributed by atoms with van der Waals surface area (Å²) >= 11 is 5.89. The molecule has 0 aromatic heterocycles. The summed E-state index contributed by atoms with van der Waals surface area (Å²) < 4.78 is 32.5. The van der Waals surface area contributed by atoms with E-state index >= 15 is 0 Å². The molecule has 0 atom stereocenters. The maximum Gasteiger partial charge on any atom is 0.311 e. The van der Waals surface area contributed by atoms with Gasteiger partial charge in [0.2, 0.25) is 10.0 Å². The summed E-state index contributed by atoms with van der Waals surface area (Å²) in [5.74, 6) is -0.595. The number of methoxy groups -OCH3 is 1. The van der Waals surface area contributed by atoms with Crippen LogP contribution in [0.2, 0.25) is 5.02 Å². The van der Waals surface area contributed by atoms with E-state index in [2.05, 4.69) is 10.5 Å². The van der Waals surface area contributed by atoms with E-state index in [1.165, 1.54) is 55.8 Å². The SMILES string of the molecule is COc1ccc(C=NNC(=O)CN(CCc2ccccc2)S(=O)(=O)c2ccc(Cl)cc2)cc1[N+](=O)[O-]. The molecule has 1 amide bonds. The molecular formula is C24H23ClN4O6S. The summed E-state index contributed by atoms with van der Waals surface area (Å²) in [5.41, 5.74) is 3.27. The van der Waals surface area contributed by atoms with Crippen molar-refractivity contribution in [2.45, 2.75) is 11.3 Å². The summed E-state index contributed by atoms with van der Waals surface area (Å²) in [5, 5.41) is 15.4. The fraction of sp³-hybridized carbons (Fsp3) is 0.167. The number of nitro groups is 1. The van der Waals surface area contributed by atoms with E-state index in [4.69, 9.17) is 16.3 Å². The molecule has 0 aliphatic rings. The van der Waals surface area contributed by atoms with Crippen LogP contribution < -0.4 is 10.2 Å². The van der Waals surface area contributed by atoms with Crippen molar-refractivity contribution in [2.24, 2.45) is 5.10 Å². The van der Waals surface area contributed by atoms with E-state index in [1.807, 2.05) is 30.3 Å². The van der Waals surface area contributed by atoms with E-state index in [0.717, 1.165) is 9.87 Å². The molecule has 12 heteroatoms. The molecule has 0 bridgehead atoms. The number of ether oxygens (including phenoxy) is 1. The summed E-state index contributed by atoms with van der Waals surface area (Å²) in [6, 6.07) is 19.1. The number of hydrazone groups is 1. The van der Waals surface area contributed by atoms with Gasteiger partial charge in [0.25, 0.3) is 5.91 Å². The Morgan fingerprint density at radius 3 is 2.47 bits per heavy atom. The van der Waals surface area contributed by atoms with E-state index < -0.39 is 27.4 Å². The van der Waals surface area contributed by atoms with Crippen molar-refractivity contribution in [3.05, 3.63) is 99.1 Å². The zero-order chi connectivity index (χ0) is 26.1. The topological polar surface area (TPSA) is 131 Å². The van der Waals surface area contributed by atoms with Gasteiger partial charge in [-0.15, -0.1) is 0 Å². The molecule has 36 heavy (non-hydrogen) atoms. The predicted molar refractivity (Wildman–Crippen MR) is 136 cm³/mol. The average molecular weight is 531 g/mol. The van der Waals surface area contributed by atoms with Gasteiger partial charge in [0.15, 0.2) is 5.75 Å². The number of carbonyl (C=O) groups excluding carboxylic acids is 1. The second kappa shape index (κ2) is 12.2. The second-order valence-corrected chi connectivity index (χ2v) is 9.88. The number of nitro benzene ring substituents is 1. The van der Waals surface area contributed by atoms with Gasteiger partial charge in [0, 0.05) is 23.2 Å². The lowest BCUT2D eigenvalue weighted by Crippen LogP contribution is -2.40.